The molecule has 4 rings (SSSR count). The second-order valence-corrected chi connectivity index (χ2v) is 11.7. The van der Waals surface area contributed by atoms with Gasteiger partial charge in [0.15, 0.2) is 0 Å². The van der Waals surface area contributed by atoms with Gasteiger partial charge in [-0.3, -0.25) is 9.69 Å². The maximum Gasteiger partial charge on any atom is 0.255 e. The van der Waals surface area contributed by atoms with Crippen molar-refractivity contribution in [2.75, 3.05) is 19.6 Å². The van der Waals surface area contributed by atoms with Crippen LogP contribution in [0.3, 0.4) is 0 Å². The molecule has 0 aromatic carbocycles. The minimum absolute atomic E-state index is 0.0561. The normalized spacial score (nSPS) is 21.4. The number of sulfonamides is 1. The van der Waals surface area contributed by atoms with Crippen molar-refractivity contribution in [2.24, 2.45) is 0 Å². The predicted octanol–water partition coefficient (Wildman–Crippen LogP) is 2.31. The van der Waals surface area contributed by atoms with Crippen molar-refractivity contribution >= 4 is 21.4 Å². The minimum atomic E-state index is -3.29. The molecule has 0 amide bonds. The minimum Gasteiger partial charge on any atom is -0.310 e. The molecule has 0 unspecified atom stereocenters. The Morgan fingerprint density at radius 2 is 2.17 bits per heavy atom. The van der Waals surface area contributed by atoms with Gasteiger partial charge in [-0.15, -0.1) is 11.3 Å². The third-order valence-corrected chi connectivity index (χ3v) is 8.96. The summed E-state index contributed by atoms with van der Waals surface area (Å²) in [7, 11) is -3.29. The molecule has 9 heteroatoms. The first-order chi connectivity index (χ1) is 13.8. The van der Waals surface area contributed by atoms with Crippen LogP contribution in [0.15, 0.2) is 22.3 Å². The van der Waals surface area contributed by atoms with Gasteiger partial charge in [0.05, 0.1) is 16.5 Å². The number of aromatic nitrogens is 2. The molecule has 29 heavy (non-hydrogen) atoms. The highest BCUT2D eigenvalue weighted by atomic mass is 32.2. The SMILES string of the molecule is CC(C)S(=O)(=O)N1CCC[C@H](c2nc3c(c(=O)[nH]2)CN(Cc2cccs2)CC3)C1. The zero-order chi connectivity index (χ0) is 20.6. The Kier molecular flexibility index (Phi) is 5.92. The van der Waals surface area contributed by atoms with Gasteiger partial charge in [-0.2, -0.15) is 0 Å². The molecule has 1 N–H and O–H groups in total. The van der Waals surface area contributed by atoms with Gasteiger partial charge < -0.3 is 4.98 Å². The van der Waals surface area contributed by atoms with Gasteiger partial charge in [0, 0.05) is 49.9 Å². The second kappa shape index (κ2) is 8.29. The average Bonchev–Trinajstić information content (AvgIpc) is 3.21. The zero-order valence-corrected chi connectivity index (χ0v) is 18.6. The lowest BCUT2D eigenvalue weighted by molar-refractivity contribution is 0.242. The number of aromatic amines is 1. The number of H-pyrrole nitrogens is 1. The van der Waals surface area contributed by atoms with Crippen LogP contribution in [-0.4, -0.2) is 52.5 Å². The van der Waals surface area contributed by atoms with Crippen LogP contribution in [0.2, 0.25) is 0 Å². The highest BCUT2D eigenvalue weighted by Gasteiger charge is 2.33. The highest BCUT2D eigenvalue weighted by Crippen LogP contribution is 2.28. The van der Waals surface area contributed by atoms with Gasteiger partial charge in [0.1, 0.15) is 5.82 Å². The fourth-order valence-corrected chi connectivity index (χ4v) is 6.26. The van der Waals surface area contributed by atoms with Gasteiger partial charge >= 0.3 is 0 Å². The Hall–Kier alpha value is -1.55. The summed E-state index contributed by atoms with van der Waals surface area (Å²) in [5, 5.41) is 1.63. The Labute approximate surface area is 175 Å². The molecule has 1 atom stereocenters. The maximum atomic E-state index is 12.8. The van der Waals surface area contributed by atoms with Crippen LogP contribution in [0.5, 0.6) is 0 Å². The van der Waals surface area contributed by atoms with Gasteiger partial charge in [0.25, 0.3) is 5.56 Å². The van der Waals surface area contributed by atoms with E-state index < -0.39 is 15.3 Å². The Bertz CT molecular complexity index is 1010. The molecule has 2 aromatic heterocycles. The molecule has 7 nitrogen and oxygen atoms in total. The molecule has 1 saturated heterocycles. The number of piperidine rings is 1. The topological polar surface area (TPSA) is 86.4 Å². The summed E-state index contributed by atoms with van der Waals surface area (Å²) < 4.78 is 26.7. The fraction of sp³-hybridized carbons (Fsp3) is 0.600. The molecule has 4 heterocycles. The van der Waals surface area contributed by atoms with E-state index in [2.05, 4.69) is 21.3 Å². The van der Waals surface area contributed by atoms with Crippen molar-refractivity contribution in [1.82, 2.24) is 19.2 Å². The smallest absolute Gasteiger partial charge is 0.255 e. The summed E-state index contributed by atoms with van der Waals surface area (Å²) in [5.74, 6) is 0.587. The number of hydrogen-bond donors (Lipinski definition) is 1. The highest BCUT2D eigenvalue weighted by molar-refractivity contribution is 7.89. The Balaban J connectivity index is 1.52. The van der Waals surface area contributed by atoms with Crippen molar-refractivity contribution in [3.63, 3.8) is 0 Å². The van der Waals surface area contributed by atoms with Crippen LogP contribution in [0.1, 0.15) is 54.6 Å². The number of nitrogens with zero attached hydrogens (tertiary/aromatic N) is 3. The van der Waals surface area contributed by atoms with E-state index in [4.69, 9.17) is 4.98 Å². The van der Waals surface area contributed by atoms with Crippen LogP contribution in [0.25, 0.3) is 0 Å². The van der Waals surface area contributed by atoms with Crippen LogP contribution in [0.4, 0.5) is 0 Å². The van der Waals surface area contributed by atoms with E-state index in [9.17, 15) is 13.2 Å². The molecule has 1 fully saturated rings. The summed E-state index contributed by atoms with van der Waals surface area (Å²) in [4.78, 5) is 24.1. The van der Waals surface area contributed by atoms with E-state index >= 15 is 0 Å². The van der Waals surface area contributed by atoms with Crippen LogP contribution in [-0.2, 0) is 29.5 Å². The first-order valence-electron chi connectivity index (χ1n) is 10.2. The molecule has 0 spiro atoms. The average molecular weight is 437 g/mol. The molecule has 158 valence electrons. The Morgan fingerprint density at radius 3 is 2.90 bits per heavy atom. The molecule has 2 aromatic rings. The second-order valence-electron chi connectivity index (χ2n) is 8.21. The van der Waals surface area contributed by atoms with Gasteiger partial charge in [-0.25, -0.2) is 17.7 Å². The van der Waals surface area contributed by atoms with Gasteiger partial charge in [-0.1, -0.05) is 6.07 Å². The third kappa shape index (κ3) is 4.33. The molecule has 0 radical (unpaired) electrons. The third-order valence-electron chi connectivity index (χ3n) is 5.85. The molecular formula is C20H28N4O3S2. The lowest BCUT2D eigenvalue weighted by Crippen LogP contribution is -2.43. The van der Waals surface area contributed by atoms with Crippen molar-refractivity contribution < 1.29 is 8.42 Å². The molecule has 0 saturated carbocycles. The van der Waals surface area contributed by atoms with Crippen molar-refractivity contribution in [3.05, 3.63) is 49.8 Å². The molecule has 2 aliphatic rings. The zero-order valence-electron chi connectivity index (χ0n) is 16.9. The number of rotatable bonds is 5. The number of hydrogen-bond acceptors (Lipinski definition) is 6. The quantitative estimate of drug-likeness (QED) is 0.777. The van der Waals surface area contributed by atoms with E-state index in [1.165, 1.54) is 4.88 Å². The van der Waals surface area contributed by atoms with Crippen molar-refractivity contribution in [3.8, 4) is 0 Å². The van der Waals surface area contributed by atoms with Crippen LogP contribution in [0, 0.1) is 0 Å². The van der Waals surface area contributed by atoms with Gasteiger partial charge in [0.2, 0.25) is 10.0 Å². The van der Waals surface area contributed by atoms with E-state index in [1.54, 1.807) is 29.5 Å². The van der Waals surface area contributed by atoms with Crippen molar-refractivity contribution in [1.29, 1.82) is 0 Å². The monoisotopic (exact) mass is 436 g/mol. The van der Waals surface area contributed by atoms with E-state index in [1.807, 2.05) is 6.07 Å². The summed E-state index contributed by atoms with van der Waals surface area (Å²) in [6, 6.07) is 4.16. The van der Waals surface area contributed by atoms with Gasteiger partial charge in [-0.05, 0) is 38.1 Å². The molecule has 2 aliphatic heterocycles. The van der Waals surface area contributed by atoms with E-state index in [0.29, 0.717) is 25.5 Å². The number of thiophene rings is 1. The summed E-state index contributed by atoms with van der Waals surface area (Å²) >= 11 is 1.73. The van der Waals surface area contributed by atoms with Crippen molar-refractivity contribution in [2.45, 2.75) is 57.4 Å². The molecule has 0 aliphatic carbocycles. The standard InChI is InChI=1S/C20H28N4O3S2/c1-14(2)29(26,27)24-8-3-5-15(11-24)19-21-18-7-9-23(12-16-6-4-10-28-16)13-17(18)20(25)22-19/h4,6,10,14-15H,3,5,7-9,11-13H2,1-2H3,(H,21,22,25)/t15-/m0/s1. The summed E-state index contributed by atoms with van der Waals surface area (Å²) in [5.41, 5.74) is 1.54. The fourth-order valence-electron chi connectivity index (χ4n) is 4.15. The summed E-state index contributed by atoms with van der Waals surface area (Å²) in [6.07, 6.45) is 2.38. The largest absolute Gasteiger partial charge is 0.310 e. The predicted molar refractivity (Wildman–Crippen MR) is 115 cm³/mol. The maximum absolute atomic E-state index is 12.8. The number of fused-ring (bicyclic) bond motifs is 1. The first-order valence-corrected chi connectivity index (χ1v) is 12.6. The van der Waals surface area contributed by atoms with E-state index in [0.717, 1.165) is 43.6 Å². The molecular weight excluding hydrogens is 408 g/mol. The molecule has 0 bridgehead atoms. The lowest BCUT2D eigenvalue weighted by Gasteiger charge is -2.33. The Morgan fingerprint density at radius 1 is 1.34 bits per heavy atom. The first kappa shape index (κ1) is 20.7. The number of nitrogens with one attached hydrogen (secondary N) is 1. The van der Waals surface area contributed by atoms with Crippen LogP contribution < -0.4 is 5.56 Å². The van der Waals surface area contributed by atoms with E-state index in [-0.39, 0.29) is 11.5 Å². The summed E-state index contributed by atoms with van der Waals surface area (Å²) in [6.45, 7) is 6.69. The lowest BCUT2D eigenvalue weighted by atomic mass is 9.98. The van der Waals surface area contributed by atoms with Crippen LogP contribution >= 0.6 is 11.3 Å².